The zero-order chi connectivity index (χ0) is 14.7. The fraction of sp³-hybridized carbons (Fsp3) is 0.235. The van der Waals surface area contributed by atoms with Crippen molar-refractivity contribution in [2.75, 3.05) is 5.73 Å². The maximum absolute atomic E-state index is 13.2. The third kappa shape index (κ3) is 2.87. The average Bonchev–Trinajstić information content (AvgIpc) is 2.48. The average molecular weight is 271 g/mol. The van der Waals surface area contributed by atoms with E-state index >= 15 is 0 Å². The highest BCUT2D eigenvalue weighted by Crippen LogP contribution is 2.22. The smallest absolute Gasteiger partial charge is 0.195 e. The highest BCUT2D eigenvalue weighted by atomic mass is 19.1. The highest BCUT2D eigenvalue weighted by molar-refractivity contribution is 6.12. The summed E-state index contributed by atoms with van der Waals surface area (Å²) in [6, 6.07) is 11.3. The van der Waals surface area contributed by atoms with Crippen LogP contribution in [0, 0.1) is 5.82 Å². The SMILES string of the molecule is CCC(C)c1ccc(C(=O)c2cc(F)ccc2N)cc1. The molecule has 2 aromatic rings. The summed E-state index contributed by atoms with van der Waals surface area (Å²) in [4.78, 5) is 12.3. The standard InChI is InChI=1S/C17H18FNO/c1-3-11(2)12-4-6-13(7-5-12)17(20)15-10-14(18)8-9-16(15)19/h4-11H,3,19H2,1-2H3. The number of benzene rings is 2. The third-order valence-corrected chi connectivity index (χ3v) is 3.61. The molecule has 0 bridgehead atoms. The number of ketones is 1. The van der Waals surface area contributed by atoms with E-state index in [9.17, 15) is 9.18 Å². The monoisotopic (exact) mass is 271 g/mol. The maximum atomic E-state index is 13.2. The highest BCUT2D eigenvalue weighted by Gasteiger charge is 2.13. The zero-order valence-electron chi connectivity index (χ0n) is 11.7. The van der Waals surface area contributed by atoms with Crippen molar-refractivity contribution in [3.63, 3.8) is 0 Å². The van der Waals surface area contributed by atoms with Gasteiger partial charge in [-0.1, -0.05) is 38.1 Å². The quantitative estimate of drug-likeness (QED) is 0.670. The summed E-state index contributed by atoms with van der Waals surface area (Å²) in [5.74, 6) is -0.255. The number of rotatable bonds is 4. The number of hydrogen-bond donors (Lipinski definition) is 1. The van der Waals surface area contributed by atoms with Gasteiger partial charge >= 0.3 is 0 Å². The molecule has 2 rings (SSSR count). The fourth-order valence-corrected chi connectivity index (χ4v) is 2.08. The second-order valence-electron chi connectivity index (χ2n) is 4.99. The Balaban J connectivity index is 2.32. The fourth-order valence-electron chi connectivity index (χ4n) is 2.08. The van der Waals surface area contributed by atoms with Gasteiger partial charge in [0.15, 0.2) is 5.78 Å². The lowest BCUT2D eigenvalue weighted by molar-refractivity contribution is 0.103. The summed E-state index contributed by atoms with van der Waals surface area (Å²) in [6.07, 6.45) is 1.05. The molecular formula is C17H18FNO. The van der Waals surface area contributed by atoms with Gasteiger partial charge in [0.05, 0.1) is 0 Å². The second-order valence-corrected chi connectivity index (χ2v) is 4.99. The topological polar surface area (TPSA) is 43.1 Å². The number of carbonyl (C=O) groups is 1. The van der Waals surface area contributed by atoms with Crippen LogP contribution in [0.15, 0.2) is 42.5 Å². The van der Waals surface area contributed by atoms with Crippen LogP contribution < -0.4 is 5.73 Å². The van der Waals surface area contributed by atoms with E-state index in [0.717, 1.165) is 6.42 Å². The molecule has 20 heavy (non-hydrogen) atoms. The first-order valence-corrected chi connectivity index (χ1v) is 6.72. The predicted octanol–water partition coefficient (Wildman–Crippen LogP) is 4.15. The molecule has 0 aliphatic carbocycles. The van der Waals surface area contributed by atoms with Gasteiger partial charge in [0.1, 0.15) is 5.82 Å². The zero-order valence-corrected chi connectivity index (χ0v) is 11.7. The summed E-state index contributed by atoms with van der Waals surface area (Å²) in [5, 5.41) is 0. The van der Waals surface area contributed by atoms with Crippen LogP contribution in [0.4, 0.5) is 10.1 Å². The lowest BCUT2D eigenvalue weighted by Crippen LogP contribution is -2.06. The third-order valence-electron chi connectivity index (χ3n) is 3.61. The Hall–Kier alpha value is -2.16. The molecule has 0 saturated carbocycles. The molecule has 2 N–H and O–H groups in total. The van der Waals surface area contributed by atoms with E-state index in [0.29, 0.717) is 17.2 Å². The molecule has 0 amide bonds. The minimum Gasteiger partial charge on any atom is -0.398 e. The molecule has 0 aromatic heterocycles. The van der Waals surface area contributed by atoms with Crippen molar-refractivity contribution in [2.24, 2.45) is 0 Å². The van der Waals surface area contributed by atoms with Crippen LogP contribution in [-0.2, 0) is 0 Å². The molecule has 0 radical (unpaired) electrons. The van der Waals surface area contributed by atoms with Gasteiger partial charge in [0.2, 0.25) is 0 Å². The maximum Gasteiger partial charge on any atom is 0.195 e. The van der Waals surface area contributed by atoms with Crippen molar-refractivity contribution >= 4 is 11.5 Å². The van der Waals surface area contributed by atoms with Crippen LogP contribution in [0.2, 0.25) is 0 Å². The Morgan fingerprint density at radius 2 is 1.85 bits per heavy atom. The van der Waals surface area contributed by atoms with Crippen molar-refractivity contribution in [3.8, 4) is 0 Å². The van der Waals surface area contributed by atoms with E-state index in [1.807, 2.05) is 12.1 Å². The number of halogens is 1. The summed E-state index contributed by atoms with van der Waals surface area (Å²) in [5.41, 5.74) is 7.96. The molecule has 0 aliphatic rings. The molecule has 104 valence electrons. The summed E-state index contributed by atoms with van der Waals surface area (Å²) in [7, 11) is 0. The molecule has 0 aliphatic heterocycles. The van der Waals surface area contributed by atoms with Crippen LogP contribution in [0.1, 0.15) is 47.7 Å². The first kappa shape index (κ1) is 14.3. The predicted molar refractivity (Wildman–Crippen MR) is 79.4 cm³/mol. The minimum absolute atomic E-state index is 0.210. The van der Waals surface area contributed by atoms with E-state index in [2.05, 4.69) is 13.8 Å². The molecule has 1 atom stereocenters. The second kappa shape index (κ2) is 5.87. The Morgan fingerprint density at radius 3 is 2.45 bits per heavy atom. The van der Waals surface area contributed by atoms with Crippen molar-refractivity contribution < 1.29 is 9.18 Å². The Labute approximate surface area is 118 Å². The number of nitrogen functional groups attached to an aromatic ring is 1. The Morgan fingerprint density at radius 1 is 1.20 bits per heavy atom. The Kier molecular flexibility index (Phi) is 4.18. The van der Waals surface area contributed by atoms with Gasteiger partial charge in [0.25, 0.3) is 0 Å². The molecule has 0 heterocycles. The first-order valence-electron chi connectivity index (χ1n) is 6.72. The lowest BCUT2D eigenvalue weighted by Gasteiger charge is -2.10. The van der Waals surface area contributed by atoms with Crippen LogP contribution in [0.25, 0.3) is 0 Å². The van der Waals surface area contributed by atoms with Crippen molar-refractivity contribution in [1.82, 2.24) is 0 Å². The van der Waals surface area contributed by atoms with Gasteiger partial charge < -0.3 is 5.73 Å². The van der Waals surface area contributed by atoms with E-state index in [4.69, 9.17) is 5.73 Å². The van der Waals surface area contributed by atoms with E-state index in [-0.39, 0.29) is 11.3 Å². The molecule has 2 aromatic carbocycles. The number of hydrogen-bond acceptors (Lipinski definition) is 2. The largest absolute Gasteiger partial charge is 0.398 e. The van der Waals surface area contributed by atoms with Gasteiger partial charge in [-0.2, -0.15) is 0 Å². The summed E-state index contributed by atoms with van der Waals surface area (Å²) < 4.78 is 13.2. The normalized spacial score (nSPS) is 12.2. The molecule has 0 saturated heterocycles. The van der Waals surface area contributed by atoms with Crippen LogP contribution >= 0.6 is 0 Å². The summed E-state index contributed by atoms with van der Waals surface area (Å²) >= 11 is 0. The molecule has 0 fully saturated rings. The van der Waals surface area contributed by atoms with Crippen molar-refractivity contribution in [2.45, 2.75) is 26.2 Å². The summed E-state index contributed by atoms with van der Waals surface area (Å²) in [6.45, 7) is 4.26. The van der Waals surface area contributed by atoms with Gasteiger partial charge in [0, 0.05) is 16.8 Å². The number of nitrogens with two attached hydrogens (primary N) is 1. The molecule has 0 spiro atoms. The van der Waals surface area contributed by atoms with Crippen LogP contribution in [-0.4, -0.2) is 5.78 Å². The first-order chi connectivity index (χ1) is 9.52. The minimum atomic E-state index is -0.459. The lowest BCUT2D eigenvalue weighted by atomic mass is 9.95. The molecule has 1 unspecified atom stereocenters. The van der Waals surface area contributed by atoms with Gasteiger partial charge in [-0.25, -0.2) is 4.39 Å². The molecule has 2 nitrogen and oxygen atoms in total. The molecular weight excluding hydrogens is 253 g/mol. The van der Waals surface area contributed by atoms with Gasteiger partial charge in [-0.05, 0) is 36.1 Å². The van der Waals surface area contributed by atoms with Gasteiger partial charge in [-0.15, -0.1) is 0 Å². The van der Waals surface area contributed by atoms with E-state index in [1.165, 1.54) is 23.8 Å². The van der Waals surface area contributed by atoms with Crippen LogP contribution in [0.3, 0.4) is 0 Å². The van der Waals surface area contributed by atoms with E-state index < -0.39 is 5.82 Å². The Bertz CT molecular complexity index is 619. The van der Waals surface area contributed by atoms with E-state index in [1.54, 1.807) is 12.1 Å². The van der Waals surface area contributed by atoms with Crippen LogP contribution in [0.5, 0.6) is 0 Å². The van der Waals surface area contributed by atoms with Gasteiger partial charge in [-0.3, -0.25) is 4.79 Å². The van der Waals surface area contributed by atoms with Crippen molar-refractivity contribution in [1.29, 1.82) is 0 Å². The number of anilines is 1. The van der Waals surface area contributed by atoms with Crippen molar-refractivity contribution in [3.05, 3.63) is 65.0 Å². The number of carbonyl (C=O) groups excluding carboxylic acids is 1. The molecule has 3 heteroatoms.